The second-order valence-electron chi connectivity index (χ2n) is 4.21. The summed E-state index contributed by atoms with van der Waals surface area (Å²) in [5.41, 5.74) is 1.97. The van der Waals surface area contributed by atoms with E-state index in [0.717, 1.165) is 29.4 Å². The van der Waals surface area contributed by atoms with E-state index in [2.05, 4.69) is 17.3 Å². The summed E-state index contributed by atoms with van der Waals surface area (Å²) in [5, 5.41) is 9.11. The highest BCUT2D eigenvalue weighted by molar-refractivity contribution is 6.32. The Balaban J connectivity index is 2.51. The van der Waals surface area contributed by atoms with E-state index in [4.69, 9.17) is 23.2 Å². The van der Waals surface area contributed by atoms with Gasteiger partial charge >= 0.3 is 0 Å². The number of halogens is 2. The minimum Gasteiger partial charge on any atom is -0.305 e. The van der Waals surface area contributed by atoms with Gasteiger partial charge in [0.15, 0.2) is 0 Å². The van der Waals surface area contributed by atoms with Crippen LogP contribution in [0.1, 0.15) is 31.1 Å². The summed E-state index contributed by atoms with van der Waals surface area (Å²) >= 11 is 12.6. The molecule has 0 radical (unpaired) electrons. The van der Waals surface area contributed by atoms with Gasteiger partial charge in [-0.05, 0) is 25.1 Å². The van der Waals surface area contributed by atoms with E-state index < -0.39 is 0 Å². The molecule has 1 atom stereocenters. The van der Waals surface area contributed by atoms with Gasteiger partial charge in [-0.3, -0.25) is 4.68 Å². The van der Waals surface area contributed by atoms with E-state index in [9.17, 15) is 0 Å². The zero-order chi connectivity index (χ0) is 13.8. The van der Waals surface area contributed by atoms with Gasteiger partial charge in [0.1, 0.15) is 0 Å². The molecule has 0 spiro atoms. The van der Waals surface area contributed by atoms with Crippen LogP contribution >= 0.6 is 23.2 Å². The van der Waals surface area contributed by atoms with Crippen LogP contribution in [0.25, 0.3) is 0 Å². The van der Waals surface area contributed by atoms with Gasteiger partial charge < -0.3 is 5.32 Å². The molecule has 0 aliphatic heterocycles. The van der Waals surface area contributed by atoms with Gasteiger partial charge in [-0.1, -0.05) is 48.3 Å². The Kier molecular flexibility index (Phi) is 4.86. The van der Waals surface area contributed by atoms with Gasteiger partial charge in [0.25, 0.3) is 0 Å². The Bertz CT molecular complexity index is 551. The van der Waals surface area contributed by atoms with Crippen molar-refractivity contribution in [1.29, 1.82) is 0 Å². The summed E-state index contributed by atoms with van der Waals surface area (Å²) in [4.78, 5) is 0. The normalized spacial score (nSPS) is 12.6. The second-order valence-corrected chi connectivity index (χ2v) is 5.02. The monoisotopic (exact) mass is 297 g/mol. The van der Waals surface area contributed by atoms with Crippen molar-refractivity contribution in [3.63, 3.8) is 0 Å². The maximum Gasteiger partial charge on any atom is 0.0837 e. The smallest absolute Gasteiger partial charge is 0.0837 e. The molecule has 0 saturated heterocycles. The van der Waals surface area contributed by atoms with Crippen LogP contribution in [0.3, 0.4) is 0 Å². The molecule has 3 nitrogen and oxygen atoms in total. The van der Waals surface area contributed by atoms with Gasteiger partial charge in [-0.15, -0.1) is 0 Å². The SMILES string of the molecule is CCNC(c1ccccc1Cl)c1c(Cl)cnn1CC. The Morgan fingerprint density at radius 3 is 2.58 bits per heavy atom. The molecular formula is C14H17Cl2N3. The predicted molar refractivity (Wildman–Crippen MR) is 79.9 cm³/mol. The molecule has 2 rings (SSSR count). The average Bonchev–Trinajstić information content (AvgIpc) is 2.78. The molecule has 0 saturated carbocycles. The minimum atomic E-state index is -0.0475. The number of benzene rings is 1. The highest BCUT2D eigenvalue weighted by Gasteiger charge is 2.22. The number of hydrogen-bond acceptors (Lipinski definition) is 2. The van der Waals surface area contributed by atoms with E-state index >= 15 is 0 Å². The third kappa shape index (κ3) is 2.94. The lowest BCUT2D eigenvalue weighted by Crippen LogP contribution is -2.25. The summed E-state index contributed by atoms with van der Waals surface area (Å²) in [6.07, 6.45) is 1.68. The van der Waals surface area contributed by atoms with Crippen LogP contribution in [0.5, 0.6) is 0 Å². The molecule has 0 bridgehead atoms. The number of aromatic nitrogens is 2. The fourth-order valence-corrected chi connectivity index (χ4v) is 2.67. The molecule has 1 heterocycles. The topological polar surface area (TPSA) is 29.9 Å². The van der Waals surface area contributed by atoms with Crippen LogP contribution in [0.4, 0.5) is 0 Å². The number of hydrogen-bond donors (Lipinski definition) is 1. The molecule has 19 heavy (non-hydrogen) atoms. The van der Waals surface area contributed by atoms with E-state index in [1.807, 2.05) is 35.9 Å². The summed E-state index contributed by atoms with van der Waals surface area (Å²) in [6.45, 7) is 5.70. The van der Waals surface area contributed by atoms with Gasteiger partial charge in [-0.2, -0.15) is 5.10 Å². The van der Waals surface area contributed by atoms with Crippen molar-refractivity contribution in [2.45, 2.75) is 26.4 Å². The van der Waals surface area contributed by atoms with Crippen LogP contribution in [0, 0.1) is 0 Å². The lowest BCUT2D eigenvalue weighted by molar-refractivity contribution is 0.542. The highest BCUT2D eigenvalue weighted by atomic mass is 35.5. The van der Waals surface area contributed by atoms with Gasteiger partial charge in [0.05, 0.1) is 23.0 Å². The summed E-state index contributed by atoms with van der Waals surface area (Å²) in [5.74, 6) is 0. The lowest BCUT2D eigenvalue weighted by Gasteiger charge is -2.21. The van der Waals surface area contributed by atoms with Crippen LogP contribution in [0.2, 0.25) is 10.0 Å². The molecule has 1 unspecified atom stereocenters. The maximum atomic E-state index is 6.31. The first-order valence-corrected chi connectivity index (χ1v) is 7.13. The van der Waals surface area contributed by atoms with Crippen molar-refractivity contribution < 1.29 is 0 Å². The highest BCUT2D eigenvalue weighted by Crippen LogP contribution is 2.32. The third-order valence-electron chi connectivity index (χ3n) is 3.03. The Morgan fingerprint density at radius 2 is 1.95 bits per heavy atom. The Morgan fingerprint density at radius 1 is 1.21 bits per heavy atom. The van der Waals surface area contributed by atoms with Crippen molar-refractivity contribution in [3.05, 3.63) is 51.8 Å². The van der Waals surface area contributed by atoms with Crippen molar-refractivity contribution in [2.24, 2.45) is 0 Å². The minimum absolute atomic E-state index is 0.0475. The van der Waals surface area contributed by atoms with Gasteiger partial charge in [-0.25, -0.2) is 0 Å². The standard InChI is InChI=1S/C14H17Cl2N3/c1-3-17-13(10-7-5-6-8-11(10)15)14-12(16)9-18-19(14)4-2/h5-9,13,17H,3-4H2,1-2H3. The largest absolute Gasteiger partial charge is 0.305 e. The zero-order valence-electron chi connectivity index (χ0n) is 11.0. The molecule has 0 aliphatic rings. The van der Waals surface area contributed by atoms with Crippen molar-refractivity contribution in [3.8, 4) is 0 Å². The van der Waals surface area contributed by atoms with E-state index in [0.29, 0.717) is 5.02 Å². The zero-order valence-corrected chi connectivity index (χ0v) is 12.5. The first kappa shape index (κ1) is 14.4. The number of nitrogens with one attached hydrogen (secondary N) is 1. The third-order valence-corrected chi connectivity index (χ3v) is 3.67. The van der Waals surface area contributed by atoms with Crippen LogP contribution in [0.15, 0.2) is 30.5 Å². The van der Waals surface area contributed by atoms with Crippen molar-refractivity contribution in [2.75, 3.05) is 6.54 Å². The molecule has 0 fully saturated rings. The van der Waals surface area contributed by atoms with Crippen molar-refractivity contribution >= 4 is 23.2 Å². The first-order valence-electron chi connectivity index (χ1n) is 6.38. The molecule has 1 aromatic carbocycles. The number of aryl methyl sites for hydroxylation is 1. The quantitative estimate of drug-likeness (QED) is 0.907. The molecule has 1 N–H and O–H groups in total. The summed E-state index contributed by atoms with van der Waals surface area (Å²) in [6, 6.07) is 7.76. The molecule has 102 valence electrons. The van der Waals surface area contributed by atoms with Gasteiger partial charge in [0.2, 0.25) is 0 Å². The van der Waals surface area contributed by atoms with E-state index in [1.165, 1.54) is 0 Å². The molecule has 1 aromatic heterocycles. The number of rotatable bonds is 5. The summed E-state index contributed by atoms with van der Waals surface area (Å²) in [7, 11) is 0. The van der Waals surface area contributed by atoms with Crippen LogP contribution in [-0.2, 0) is 6.54 Å². The van der Waals surface area contributed by atoms with Crippen LogP contribution < -0.4 is 5.32 Å². The van der Waals surface area contributed by atoms with Gasteiger partial charge in [0, 0.05) is 11.6 Å². The fourth-order valence-electron chi connectivity index (χ4n) is 2.18. The molecular weight excluding hydrogens is 281 g/mol. The molecule has 2 aromatic rings. The first-order chi connectivity index (χ1) is 9.19. The average molecular weight is 298 g/mol. The van der Waals surface area contributed by atoms with Crippen LogP contribution in [-0.4, -0.2) is 16.3 Å². The molecule has 0 aliphatic carbocycles. The predicted octanol–water partition coefficient (Wildman–Crippen LogP) is 3.91. The fraction of sp³-hybridized carbons (Fsp3) is 0.357. The van der Waals surface area contributed by atoms with Crippen molar-refractivity contribution in [1.82, 2.24) is 15.1 Å². The summed E-state index contributed by atoms with van der Waals surface area (Å²) < 4.78 is 1.90. The number of nitrogens with zero attached hydrogens (tertiary/aromatic N) is 2. The maximum absolute atomic E-state index is 6.31. The van der Waals surface area contributed by atoms with E-state index in [-0.39, 0.29) is 6.04 Å². The Hall–Kier alpha value is -1.03. The van der Waals surface area contributed by atoms with E-state index in [1.54, 1.807) is 6.20 Å². The molecule has 0 amide bonds. The lowest BCUT2D eigenvalue weighted by atomic mass is 10.0. The second kappa shape index (κ2) is 6.42. The Labute approximate surface area is 123 Å². The molecule has 5 heteroatoms.